The maximum absolute atomic E-state index is 5.34. The van der Waals surface area contributed by atoms with Gasteiger partial charge in [-0.2, -0.15) is 15.0 Å². The Morgan fingerprint density at radius 1 is 1.11 bits per heavy atom. The zero-order valence-electron chi connectivity index (χ0n) is 12.1. The van der Waals surface area contributed by atoms with Crippen molar-refractivity contribution in [3.63, 3.8) is 0 Å². The Labute approximate surface area is 114 Å². The molecule has 0 amide bonds. The first-order chi connectivity index (χ1) is 9.23. The fourth-order valence-electron chi connectivity index (χ4n) is 1.50. The molecule has 0 aliphatic heterocycles. The predicted molar refractivity (Wildman–Crippen MR) is 74.7 cm³/mol. The van der Waals surface area contributed by atoms with Crippen LogP contribution in [-0.4, -0.2) is 47.9 Å². The zero-order valence-corrected chi connectivity index (χ0v) is 12.1. The number of anilines is 2. The van der Waals surface area contributed by atoms with Crippen molar-refractivity contribution in [3.8, 4) is 6.01 Å². The van der Waals surface area contributed by atoms with Crippen LogP contribution in [-0.2, 0) is 4.74 Å². The summed E-state index contributed by atoms with van der Waals surface area (Å²) >= 11 is 0. The Hall–Kier alpha value is -1.63. The summed E-state index contributed by atoms with van der Waals surface area (Å²) in [5, 5.41) is 6.28. The molecule has 2 N–H and O–H groups in total. The van der Waals surface area contributed by atoms with E-state index in [-0.39, 0.29) is 6.04 Å². The summed E-state index contributed by atoms with van der Waals surface area (Å²) in [7, 11) is 1.67. The summed E-state index contributed by atoms with van der Waals surface area (Å²) in [6.45, 7) is 7.81. The average Bonchev–Trinajstić information content (AvgIpc) is 2.39. The quantitative estimate of drug-likeness (QED) is 0.703. The number of ether oxygens (including phenoxy) is 2. The number of hydrogen-bond acceptors (Lipinski definition) is 7. The molecule has 1 unspecified atom stereocenters. The molecule has 0 bridgehead atoms. The number of nitrogens with one attached hydrogen (secondary N) is 2. The molecular formula is C12H23N5O2. The van der Waals surface area contributed by atoms with E-state index in [2.05, 4.69) is 32.5 Å². The Balaban J connectivity index is 2.84. The predicted octanol–water partition coefficient (Wildman–Crippen LogP) is 1.54. The van der Waals surface area contributed by atoms with Gasteiger partial charge in [-0.1, -0.05) is 6.92 Å². The first-order valence-electron chi connectivity index (χ1n) is 6.61. The second kappa shape index (κ2) is 8.47. The molecular weight excluding hydrogens is 246 g/mol. The molecule has 1 heterocycles. The van der Waals surface area contributed by atoms with Crippen molar-refractivity contribution in [1.82, 2.24) is 15.0 Å². The van der Waals surface area contributed by atoms with Crippen molar-refractivity contribution in [1.29, 1.82) is 0 Å². The van der Waals surface area contributed by atoms with Crippen LogP contribution in [0.15, 0.2) is 0 Å². The number of hydrogen-bond donors (Lipinski definition) is 2. The molecule has 108 valence electrons. The molecule has 0 fully saturated rings. The van der Waals surface area contributed by atoms with Gasteiger partial charge in [0.1, 0.15) is 0 Å². The van der Waals surface area contributed by atoms with Crippen molar-refractivity contribution >= 4 is 11.9 Å². The number of nitrogens with zero attached hydrogens (tertiary/aromatic N) is 3. The lowest BCUT2D eigenvalue weighted by atomic mass is 10.2. The van der Waals surface area contributed by atoms with Gasteiger partial charge < -0.3 is 20.1 Å². The van der Waals surface area contributed by atoms with Gasteiger partial charge in [0, 0.05) is 13.7 Å². The minimum absolute atomic E-state index is 0.163. The van der Waals surface area contributed by atoms with Gasteiger partial charge in [0.15, 0.2) is 0 Å². The van der Waals surface area contributed by atoms with Crippen molar-refractivity contribution in [2.45, 2.75) is 33.2 Å². The van der Waals surface area contributed by atoms with Gasteiger partial charge >= 0.3 is 6.01 Å². The molecule has 0 aliphatic rings. The summed E-state index contributed by atoms with van der Waals surface area (Å²) in [4.78, 5) is 12.7. The second-order valence-corrected chi connectivity index (χ2v) is 3.93. The Kier molecular flexibility index (Phi) is 6.88. The molecule has 1 aromatic rings. The normalized spacial score (nSPS) is 12.0. The third-order valence-corrected chi connectivity index (χ3v) is 2.42. The van der Waals surface area contributed by atoms with Gasteiger partial charge in [0.05, 0.1) is 19.3 Å². The minimum atomic E-state index is 0.163. The van der Waals surface area contributed by atoms with Crippen LogP contribution in [0, 0.1) is 0 Å². The van der Waals surface area contributed by atoms with E-state index >= 15 is 0 Å². The number of methoxy groups -OCH3 is 1. The van der Waals surface area contributed by atoms with E-state index in [1.807, 2.05) is 13.8 Å². The molecule has 0 aliphatic carbocycles. The fourth-order valence-corrected chi connectivity index (χ4v) is 1.50. The molecule has 0 radical (unpaired) electrons. The van der Waals surface area contributed by atoms with Crippen LogP contribution in [0.5, 0.6) is 6.01 Å². The molecule has 1 rings (SSSR count). The van der Waals surface area contributed by atoms with Crippen LogP contribution < -0.4 is 15.4 Å². The van der Waals surface area contributed by atoms with E-state index in [4.69, 9.17) is 9.47 Å². The van der Waals surface area contributed by atoms with Crippen LogP contribution in [0.1, 0.15) is 27.2 Å². The zero-order chi connectivity index (χ0) is 14.1. The van der Waals surface area contributed by atoms with E-state index in [1.165, 1.54) is 0 Å². The van der Waals surface area contributed by atoms with Crippen molar-refractivity contribution < 1.29 is 9.47 Å². The van der Waals surface area contributed by atoms with Crippen LogP contribution in [0.2, 0.25) is 0 Å². The van der Waals surface area contributed by atoms with Crippen LogP contribution in [0.4, 0.5) is 11.9 Å². The smallest absolute Gasteiger partial charge is 0.323 e. The first-order valence-corrected chi connectivity index (χ1v) is 6.61. The summed E-state index contributed by atoms with van der Waals surface area (Å²) in [5.41, 5.74) is 0. The van der Waals surface area contributed by atoms with E-state index in [9.17, 15) is 0 Å². The maximum Gasteiger partial charge on any atom is 0.323 e. The molecule has 0 aromatic carbocycles. The van der Waals surface area contributed by atoms with E-state index in [0.717, 1.165) is 13.0 Å². The van der Waals surface area contributed by atoms with Gasteiger partial charge in [0.25, 0.3) is 0 Å². The lowest BCUT2D eigenvalue weighted by molar-refractivity contribution is 0.184. The maximum atomic E-state index is 5.34. The van der Waals surface area contributed by atoms with Crippen LogP contribution in [0.3, 0.4) is 0 Å². The van der Waals surface area contributed by atoms with E-state index < -0.39 is 0 Å². The highest BCUT2D eigenvalue weighted by atomic mass is 16.5. The molecule has 7 nitrogen and oxygen atoms in total. The highest BCUT2D eigenvalue weighted by Crippen LogP contribution is 2.12. The third kappa shape index (κ3) is 5.25. The minimum Gasteiger partial charge on any atom is -0.464 e. The summed E-state index contributed by atoms with van der Waals surface area (Å²) in [5.74, 6) is 1.01. The fraction of sp³-hybridized carbons (Fsp3) is 0.750. The largest absolute Gasteiger partial charge is 0.464 e. The standard InChI is InChI=1S/C12H23N5O2/c1-5-9(8-18-4)14-11-15-10(13-6-2)16-12(17-11)19-7-3/h9H,5-8H2,1-4H3,(H2,13,14,15,16,17). The molecule has 0 spiro atoms. The molecule has 0 saturated carbocycles. The summed E-state index contributed by atoms with van der Waals surface area (Å²) < 4.78 is 10.5. The highest BCUT2D eigenvalue weighted by molar-refractivity contribution is 5.36. The SMILES string of the molecule is CCNc1nc(NC(CC)COC)nc(OCC)n1. The molecule has 1 atom stereocenters. The second-order valence-electron chi connectivity index (χ2n) is 3.93. The van der Waals surface area contributed by atoms with E-state index in [1.54, 1.807) is 7.11 Å². The van der Waals surface area contributed by atoms with Gasteiger partial charge in [-0.05, 0) is 20.3 Å². The third-order valence-electron chi connectivity index (χ3n) is 2.42. The Morgan fingerprint density at radius 2 is 1.84 bits per heavy atom. The van der Waals surface area contributed by atoms with Gasteiger partial charge in [-0.3, -0.25) is 0 Å². The lowest BCUT2D eigenvalue weighted by Crippen LogP contribution is -2.25. The number of rotatable bonds is 9. The molecule has 7 heteroatoms. The molecule has 0 saturated heterocycles. The Bertz CT molecular complexity index is 351. The highest BCUT2D eigenvalue weighted by Gasteiger charge is 2.11. The summed E-state index contributed by atoms with van der Waals surface area (Å²) in [6.07, 6.45) is 0.917. The average molecular weight is 269 g/mol. The van der Waals surface area contributed by atoms with Crippen LogP contribution >= 0.6 is 0 Å². The number of aromatic nitrogens is 3. The van der Waals surface area contributed by atoms with Crippen molar-refractivity contribution in [2.24, 2.45) is 0 Å². The van der Waals surface area contributed by atoms with Gasteiger partial charge in [0.2, 0.25) is 11.9 Å². The van der Waals surface area contributed by atoms with Crippen molar-refractivity contribution in [3.05, 3.63) is 0 Å². The first kappa shape index (κ1) is 15.4. The van der Waals surface area contributed by atoms with Gasteiger partial charge in [-0.25, -0.2) is 0 Å². The van der Waals surface area contributed by atoms with Crippen molar-refractivity contribution in [2.75, 3.05) is 37.5 Å². The topological polar surface area (TPSA) is 81.2 Å². The lowest BCUT2D eigenvalue weighted by Gasteiger charge is -2.16. The van der Waals surface area contributed by atoms with E-state index in [0.29, 0.717) is 31.1 Å². The monoisotopic (exact) mass is 269 g/mol. The molecule has 19 heavy (non-hydrogen) atoms. The van der Waals surface area contributed by atoms with Gasteiger partial charge in [-0.15, -0.1) is 0 Å². The molecule has 1 aromatic heterocycles. The summed E-state index contributed by atoms with van der Waals surface area (Å²) in [6, 6.07) is 0.486. The van der Waals surface area contributed by atoms with Crippen LogP contribution in [0.25, 0.3) is 0 Å². The Morgan fingerprint density at radius 3 is 2.42 bits per heavy atom.